The van der Waals surface area contributed by atoms with Gasteiger partial charge in [-0.25, -0.2) is 0 Å². The van der Waals surface area contributed by atoms with Gasteiger partial charge in [-0.1, -0.05) is 19.4 Å². The molecule has 0 aliphatic heterocycles. The standard InChI is InChI=1S/C14H18BrNO/c1-10-4-5-11(12(15)8-10)13(17)16-9-14(2)6-3-7-14/h4-5,8H,3,6-7,9H2,1-2H3,(H,16,17). The van der Waals surface area contributed by atoms with E-state index in [0.717, 1.165) is 22.1 Å². The fourth-order valence-corrected chi connectivity index (χ4v) is 2.82. The van der Waals surface area contributed by atoms with E-state index in [2.05, 4.69) is 28.2 Å². The van der Waals surface area contributed by atoms with Gasteiger partial charge < -0.3 is 5.32 Å². The summed E-state index contributed by atoms with van der Waals surface area (Å²) in [6, 6.07) is 5.81. The second kappa shape index (κ2) is 4.81. The van der Waals surface area contributed by atoms with Crippen molar-refractivity contribution in [3.05, 3.63) is 33.8 Å². The van der Waals surface area contributed by atoms with Crippen LogP contribution in [0.2, 0.25) is 0 Å². The predicted molar refractivity (Wildman–Crippen MR) is 73.2 cm³/mol. The largest absolute Gasteiger partial charge is 0.351 e. The highest BCUT2D eigenvalue weighted by Gasteiger charge is 2.32. The molecule has 0 heterocycles. The molecule has 0 spiro atoms. The molecule has 0 atom stereocenters. The molecule has 1 saturated carbocycles. The molecule has 2 rings (SSSR count). The Labute approximate surface area is 111 Å². The zero-order chi connectivity index (χ0) is 12.5. The number of hydrogen-bond acceptors (Lipinski definition) is 1. The van der Waals surface area contributed by atoms with Crippen LogP contribution in [0.3, 0.4) is 0 Å². The molecule has 0 aromatic heterocycles. The highest BCUT2D eigenvalue weighted by Crippen LogP contribution is 2.39. The van der Waals surface area contributed by atoms with Crippen molar-refractivity contribution in [2.45, 2.75) is 33.1 Å². The molecule has 2 nitrogen and oxygen atoms in total. The number of amides is 1. The minimum atomic E-state index is 0.0185. The Morgan fingerprint density at radius 2 is 2.18 bits per heavy atom. The van der Waals surface area contributed by atoms with E-state index in [1.807, 2.05) is 25.1 Å². The lowest BCUT2D eigenvalue weighted by atomic mass is 9.70. The molecule has 17 heavy (non-hydrogen) atoms. The number of carbonyl (C=O) groups is 1. The molecule has 0 bridgehead atoms. The Bertz CT molecular complexity index is 438. The summed E-state index contributed by atoms with van der Waals surface area (Å²) in [4.78, 5) is 12.0. The average molecular weight is 296 g/mol. The first-order valence-corrected chi connectivity index (χ1v) is 6.84. The SMILES string of the molecule is Cc1ccc(C(=O)NCC2(C)CCC2)c(Br)c1. The topological polar surface area (TPSA) is 29.1 Å². The molecule has 1 fully saturated rings. The summed E-state index contributed by atoms with van der Waals surface area (Å²) in [5, 5.41) is 3.03. The Kier molecular flexibility index (Phi) is 3.57. The maximum absolute atomic E-state index is 12.0. The maximum Gasteiger partial charge on any atom is 0.252 e. The summed E-state index contributed by atoms with van der Waals surface area (Å²) in [5.41, 5.74) is 2.20. The van der Waals surface area contributed by atoms with E-state index >= 15 is 0 Å². The van der Waals surface area contributed by atoms with Gasteiger partial charge in [0.15, 0.2) is 0 Å². The van der Waals surface area contributed by atoms with Crippen molar-refractivity contribution in [3.63, 3.8) is 0 Å². The zero-order valence-corrected chi connectivity index (χ0v) is 11.9. The number of halogens is 1. The van der Waals surface area contributed by atoms with Gasteiger partial charge in [-0.15, -0.1) is 0 Å². The van der Waals surface area contributed by atoms with Crippen molar-refractivity contribution in [3.8, 4) is 0 Å². The highest BCUT2D eigenvalue weighted by atomic mass is 79.9. The molecular weight excluding hydrogens is 278 g/mol. The van der Waals surface area contributed by atoms with E-state index in [-0.39, 0.29) is 5.91 Å². The van der Waals surface area contributed by atoms with Gasteiger partial charge in [0.05, 0.1) is 5.56 Å². The lowest BCUT2D eigenvalue weighted by Gasteiger charge is -2.38. The Hall–Kier alpha value is -0.830. The van der Waals surface area contributed by atoms with Crippen LogP contribution in [0.4, 0.5) is 0 Å². The molecule has 0 saturated heterocycles. The third-order valence-electron chi connectivity index (χ3n) is 3.61. The van der Waals surface area contributed by atoms with Crippen LogP contribution in [-0.2, 0) is 0 Å². The molecule has 1 amide bonds. The van der Waals surface area contributed by atoms with Gasteiger partial charge in [0.1, 0.15) is 0 Å². The summed E-state index contributed by atoms with van der Waals surface area (Å²) in [6.45, 7) is 5.04. The molecular formula is C14H18BrNO. The van der Waals surface area contributed by atoms with Gasteiger partial charge >= 0.3 is 0 Å². The van der Waals surface area contributed by atoms with Crippen LogP contribution in [0.25, 0.3) is 0 Å². The van der Waals surface area contributed by atoms with Gasteiger partial charge in [-0.05, 0) is 58.8 Å². The number of carbonyl (C=O) groups excluding carboxylic acids is 1. The van der Waals surface area contributed by atoms with Crippen molar-refractivity contribution in [2.24, 2.45) is 5.41 Å². The molecule has 0 radical (unpaired) electrons. The Morgan fingerprint density at radius 1 is 1.47 bits per heavy atom. The van der Waals surface area contributed by atoms with Gasteiger partial charge in [0.25, 0.3) is 5.91 Å². The van der Waals surface area contributed by atoms with Crippen molar-refractivity contribution >= 4 is 21.8 Å². The van der Waals surface area contributed by atoms with E-state index in [9.17, 15) is 4.79 Å². The molecule has 1 aliphatic rings. The van der Waals surface area contributed by atoms with Crippen molar-refractivity contribution in [2.75, 3.05) is 6.54 Å². The Balaban J connectivity index is 1.99. The number of aryl methyl sites for hydroxylation is 1. The maximum atomic E-state index is 12.0. The molecule has 3 heteroatoms. The zero-order valence-electron chi connectivity index (χ0n) is 10.3. The normalized spacial score (nSPS) is 17.4. The predicted octanol–water partition coefficient (Wildman–Crippen LogP) is 3.68. The van der Waals surface area contributed by atoms with Crippen molar-refractivity contribution in [1.82, 2.24) is 5.32 Å². The van der Waals surface area contributed by atoms with Crippen LogP contribution in [-0.4, -0.2) is 12.5 Å². The summed E-state index contributed by atoms with van der Waals surface area (Å²) in [7, 11) is 0. The van der Waals surface area contributed by atoms with E-state index < -0.39 is 0 Å². The highest BCUT2D eigenvalue weighted by molar-refractivity contribution is 9.10. The van der Waals surface area contributed by atoms with Crippen molar-refractivity contribution < 1.29 is 4.79 Å². The minimum Gasteiger partial charge on any atom is -0.351 e. The van der Waals surface area contributed by atoms with Crippen LogP contribution >= 0.6 is 15.9 Å². The number of rotatable bonds is 3. The van der Waals surface area contributed by atoms with Gasteiger partial charge in [-0.3, -0.25) is 4.79 Å². The van der Waals surface area contributed by atoms with Gasteiger partial charge in [0.2, 0.25) is 0 Å². The lowest BCUT2D eigenvalue weighted by molar-refractivity contribution is 0.0890. The molecule has 92 valence electrons. The van der Waals surface area contributed by atoms with Crippen LogP contribution in [0, 0.1) is 12.3 Å². The fourth-order valence-electron chi connectivity index (χ4n) is 2.15. The molecule has 0 unspecified atom stereocenters. The molecule has 1 aliphatic carbocycles. The average Bonchev–Trinajstić information content (AvgIpc) is 2.23. The van der Waals surface area contributed by atoms with E-state index in [0.29, 0.717) is 5.41 Å². The summed E-state index contributed by atoms with van der Waals surface area (Å²) < 4.78 is 0.869. The second-order valence-corrected chi connectivity index (χ2v) is 6.18. The number of benzene rings is 1. The first kappa shape index (κ1) is 12.6. The minimum absolute atomic E-state index is 0.0185. The molecule has 1 N–H and O–H groups in total. The molecule has 1 aromatic carbocycles. The smallest absolute Gasteiger partial charge is 0.252 e. The quantitative estimate of drug-likeness (QED) is 0.906. The fraction of sp³-hybridized carbons (Fsp3) is 0.500. The number of hydrogen-bond donors (Lipinski definition) is 1. The van der Waals surface area contributed by atoms with Crippen LogP contribution in [0.5, 0.6) is 0 Å². The van der Waals surface area contributed by atoms with E-state index in [1.54, 1.807) is 0 Å². The summed E-state index contributed by atoms with van der Waals surface area (Å²) in [6.07, 6.45) is 3.74. The Morgan fingerprint density at radius 3 is 2.71 bits per heavy atom. The third-order valence-corrected chi connectivity index (χ3v) is 4.26. The first-order valence-electron chi connectivity index (χ1n) is 6.05. The first-order chi connectivity index (χ1) is 8.00. The van der Waals surface area contributed by atoms with E-state index in [1.165, 1.54) is 19.3 Å². The van der Waals surface area contributed by atoms with Crippen LogP contribution < -0.4 is 5.32 Å². The second-order valence-electron chi connectivity index (χ2n) is 5.33. The number of nitrogens with one attached hydrogen (secondary N) is 1. The molecule has 1 aromatic rings. The lowest BCUT2D eigenvalue weighted by Crippen LogP contribution is -2.40. The van der Waals surface area contributed by atoms with Gasteiger partial charge in [-0.2, -0.15) is 0 Å². The third kappa shape index (κ3) is 2.89. The van der Waals surface area contributed by atoms with Crippen LogP contribution in [0.1, 0.15) is 42.1 Å². The van der Waals surface area contributed by atoms with Crippen LogP contribution in [0.15, 0.2) is 22.7 Å². The summed E-state index contributed by atoms with van der Waals surface area (Å²) >= 11 is 3.44. The van der Waals surface area contributed by atoms with Crippen molar-refractivity contribution in [1.29, 1.82) is 0 Å². The van der Waals surface area contributed by atoms with Gasteiger partial charge in [0, 0.05) is 11.0 Å². The van der Waals surface area contributed by atoms with E-state index in [4.69, 9.17) is 0 Å². The summed E-state index contributed by atoms with van der Waals surface area (Å²) in [5.74, 6) is 0.0185. The monoisotopic (exact) mass is 295 g/mol.